The number of aromatic hydroxyl groups is 1. The fourth-order valence-corrected chi connectivity index (χ4v) is 6.92. The molecular formula is C29H38N2O8. The molecule has 10 heteroatoms. The molecule has 1 aromatic rings. The van der Waals surface area contributed by atoms with Crippen molar-refractivity contribution in [3.63, 3.8) is 0 Å². The van der Waals surface area contributed by atoms with Crippen LogP contribution in [0, 0.1) is 11.8 Å². The molecule has 0 aliphatic heterocycles. The Balaban J connectivity index is 1.99. The first kappa shape index (κ1) is 28.8. The standard InChI is InChI=1S/C29H38N2O8/c1-7-8-11-28(3,4)14-10-9-13-12(2)15-17(22(33)16(13)21(14)32)25(36)29(39)19(23(15)34)20(31(5)6)24(35)18(26(29)37)27(30)38/h9-10,12,15,19-20,23,32,34-36,39H,7-8,11H2,1-6H3,(H2,30,38). The van der Waals surface area contributed by atoms with Crippen LogP contribution in [0.1, 0.15) is 74.4 Å². The number of phenols is 1. The average Bonchev–Trinajstić information content (AvgIpc) is 2.84. The molecule has 0 saturated heterocycles. The van der Waals surface area contributed by atoms with Gasteiger partial charge in [-0.25, -0.2) is 0 Å². The number of amides is 1. The van der Waals surface area contributed by atoms with Gasteiger partial charge in [0.2, 0.25) is 5.78 Å². The van der Waals surface area contributed by atoms with E-state index < -0.39 is 81.1 Å². The Hall–Kier alpha value is -3.21. The van der Waals surface area contributed by atoms with Crippen LogP contribution in [0.2, 0.25) is 0 Å². The lowest BCUT2D eigenvalue weighted by atomic mass is 9.55. The van der Waals surface area contributed by atoms with Gasteiger partial charge in [0, 0.05) is 17.1 Å². The van der Waals surface area contributed by atoms with E-state index in [0.717, 1.165) is 19.3 Å². The number of carbonyl (C=O) groups excluding carboxylic acids is 3. The van der Waals surface area contributed by atoms with E-state index >= 15 is 0 Å². The van der Waals surface area contributed by atoms with E-state index in [1.54, 1.807) is 19.1 Å². The molecule has 7 N–H and O–H groups in total. The highest BCUT2D eigenvalue weighted by Gasteiger charge is 2.67. The molecule has 0 radical (unpaired) electrons. The van der Waals surface area contributed by atoms with Gasteiger partial charge in [-0.1, -0.05) is 52.7 Å². The zero-order valence-electron chi connectivity index (χ0n) is 23.1. The Kier molecular flexibility index (Phi) is 6.99. The van der Waals surface area contributed by atoms with Crippen LogP contribution in [0.3, 0.4) is 0 Å². The summed E-state index contributed by atoms with van der Waals surface area (Å²) >= 11 is 0. The zero-order valence-corrected chi connectivity index (χ0v) is 23.1. The van der Waals surface area contributed by atoms with Gasteiger partial charge in [0.05, 0.1) is 23.6 Å². The lowest BCUT2D eigenvalue weighted by Crippen LogP contribution is -2.68. The number of phenolic OH excluding ortho intramolecular Hbond substituents is 1. The first-order valence-electron chi connectivity index (χ1n) is 13.2. The van der Waals surface area contributed by atoms with E-state index in [0.29, 0.717) is 11.1 Å². The number of aliphatic hydroxyl groups excluding tert-OH is 3. The fourth-order valence-electron chi connectivity index (χ4n) is 6.92. The number of nitrogens with zero attached hydrogens (tertiary/aromatic N) is 1. The highest BCUT2D eigenvalue weighted by Crippen LogP contribution is 2.56. The van der Waals surface area contributed by atoms with Gasteiger partial charge in [-0.3, -0.25) is 19.3 Å². The number of hydrogen-bond acceptors (Lipinski definition) is 9. The molecule has 0 aromatic heterocycles. The minimum Gasteiger partial charge on any atom is -0.510 e. The predicted molar refractivity (Wildman–Crippen MR) is 142 cm³/mol. The van der Waals surface area contributed by atoms with Crippen LogP contribution in [0.25, 0.3) is 0 Å². The third kappa shape index (κ3) is 3.83. The van der Waals surface area contributed by atoms with Gasteiger partial charge in [0.15, 0.2) is 11.4 Å². The maximum atomic E-state index is 14.0. The van der Waals surface area contributed by atoms with Crippen LogP contribution in [-0.4, -0.2) is 79.7 Å². The number of rotatable bonds is 6. The molecule has 3 aliphatic carbocycles. The normalized spacial score (nSPS) is 30.8. The quantitative estimate of drug-likeness (QED) is 0.293. The summed E-state index contributed by atoms with van der Waals surface area (Å²) in [6, 6.07) is 2.22. The highest BCUT2D eigenvalue weighted by molar-refractivity contribution is 6.25. The van der Waals surface area contributed by atoms with Crippen molar-refractivity contribution in [1.29, 1.82) is 0 Å². The Morgan fingerprint density at radius 2 is 1.77 bits per heavy atom. The number of primary amides is 1. The van der Waals surface area contributed by atoms with E-state index in [1.165, 1.54) is 19.0 Å². The van der Waals surface area contributed by atoms with Crippen LogP contribution in [0.4, 0.5) is 0 Å². The number of carbonyl (C=O) groups is 3. The number of hydrogen-bond donors (Lipinski definition) is 6. The number of unbranched alkanes of at least 4 members (excludes halogenated alkanes) is 1. The van der Waals surface area contributed by atoms with Crippen LogP contribution in [0.5, 0.6) is 5.75 Å². The number of benzene rings is 1. The number of likely N-dealkylation sites (N-methyl/N-ethyl adjacent to an activating group) is 1. The molecule has 3 aliphatic rings. The highest BCUT2D eigenvalue weighted by atomic mass is 16.4. The molecule has 6 atom stereocenters. The number of fused-ring (bicyclic) bond motifs is 3. The first-order chi connectivity index (χ1) is 18.0. The molecule has 6 unspecified atom stereocenters. The van der Waals surface area contributed by atoms with Crippen LogP contribution >= 0.6 is 0 Å². The van der Waals surface area contributed by atoms with E-state index in [-0.39, 0.29) is 11.3 Å². The smallest absolute Gasteiger partial charge is 0.255 e. The molecule has 39 heavy (non-hydrogen) atoms. The van der Waals surface area contributed by atoms with Crippen molar-refractivity contribution >= 4 is 17.5 Å². The van der Waals surface area contributed by atoms with Gasteiger partial charge < -0.3 is 31.3 Å². The van der Waals surface area contributed by atoms with Crippen LogP contribution in [0.15, 0.2) is 34.8 Å². The lowest BCUT2D eigenvalue weighted by molar-refractivity contribution is -0.162. The first-order valence-corrected chi connectivity index (χ1v) is 13.2. The largest absolute Gasteiger partial charge is 0.510 e. The molecule has 0 bridgehead atoms. The second-order valence-electron chi connectivity index (χ2n) is 12.0. The Labute approximate surface area is 227 Å². The Morgan fingerprint density at radius 3 is 2.31 bits per heavy atom. The van der Waals surface area contributed by atoms with Gasteiger partial charge in [0.25, 0.3) is 5.91 Å². The number of Topliss-reactive ketones (excluding diaryl/α,β-unsaturated/α-hetero) is 2. The van der Waals surface area contributed by atoms with Crippen molar-refractivity contribution in [2.75, 3.05) is 14.1 Å². The van der Waals surface area contributed by atoms with Crippen LogP contribution in [-0.2, 0) is 15.0 Å². The molecule has 0 saturated carbocycles. The summed E-state index contributed by atoms with van der Waals surface area (Å²) in [5, 5.41) is 57.2. The van der Waals surface area contributed by atoms with Crippen molar-refractivity contribution in [2.45, 2.75) is 76.0 Å². The predicted octanol–water partition coefficient (Wildman–Crippen LogP) is 2.12. The second kappa shape index (κ2) is 9.46. The molecule has 0 heterocycles. The SMILES string of the molecule is CCCCC(C)(C)c1ccc2c(c1O)C(=O)C1=C(O)C3(O)C(=O)C(C(N)=O)=C(O)C(N(C)C)C3C(O)C1C2C. The molecule has 4 rings (SSSR count). The van der Waals surface area contributed by atoms with E-state index in [9.17, 15) is 39.9 Å². The molecular weight excluding hydrogens is 504 g/mol. The third-order valence-electron chi connectivity index (χ3n) is 9.02. The monoisotopic (exact) mass is 542 g/mol. The van der Waals surface area contributed by atoms with Crippen molar-refractivity contribution in [3.05, 3.63) is 51.5 Å². The van der Waals surface area contributed by atoms with E-state index in [2.05, 4.69) is 6.92 Å². The van der Waals surface area contributed by atoms with Crippen molar-refractivity contribution < 1.29 is 39.9 Å². The summed E-state index contributed by atoms with van der Waals surface area (Å²) < 4.78 is 0. The maximum absolute atomic E-state index is 14.0. The summed E-state index contributed by atoms with van der Waals surface area (Å²) in [7, 11) is 3.01. The summed E-state index contributed by atoms with van der Waals surface area (Å²) in [5.41, 5.74) is 1.60. The van der Waals surface area contributed by atoms with E-state index in [1.807, 2.05) is 13.8 Å². The summed E-state index contributed by atoms with van der Waals surface area (Å²) in [6.07, 6.45) is 0.997. The lowest BCUT2D eigenvalue weighted by Gasteiger charge is -2.53. The molecule has 1 amide bonds. The molecule has 0 fully saturated rings. The van der Waals surface area contributed by atoms with Gasteiger partial charge in [-0.2, -0.15) is 0 Å². The van der Waals surface area contributed by atoms with Gasteiger partial charge >= 0.3 is 0 Å². The minimum atomic E-state index is -2.92. The second-order valence-corrected chi connectivity index (χ2v) is 12.0. The third-order valence-corrected chi connectivity index (χ3v) is 9.02. The van der Waals surface area contributed by atoms with Gasteiger partial charge in [-0.05, 0) is 37.4 Å². The van der Waals surface area contributed by atoms with Crippen molar-refractivity contribution in [3.8, 4) is 5.75 Å². The summed E-state index contributed by atoms with van der Waals surface area (Å²) in [6.45, 7) is 7.70. The van der Waals surface area contributed by atoms with Gasteiger partial charge in [0.1, 0.15) is 22.8 Å². The maximum Gasteiger partial charge on any atom is 0.255 e. The molecule has 0 spiro atoms. The molecule has 1 aromatic carbocycles. The van der Waals surface area contributed by atoms with Crippen molar-refractivity contribution in [1.82, 2.24) is 4.90 Å². The zero-order chi connectivity index (χ0) is 29.4. The molecule has 212 valence electrons. The van der Waals surface area contributed by atoms with Crippen LogP contribution < -0.4 is 5.73 Å². The average molecular weight is 543 g/mol. The fraction of sp³-hybridized carbons (Fsp3) is 0.552. The topological polar surface area (TPSA) is 182 Å². The van der Waals surface area contributed by atoms with Gasteiger partial charge in [-0.15, -0.1) is 0 Å². The number of aliphatic hydroxyl groups is 4. The number of ketones is 2. The Morgan fingerprint density at radius 1 is 1.15 bits per heavy atom. The van der Waals surface area contributed by atoms with E-state index in [4.69, 9.17) is 5.73 Å². The number of nitrogens with two attached hydrogens (primary N) is 1. The summed E-state index contributed by atoms with van der Waals surface area (Å²) in [4.78, 5) is 41.0. The minimum absolute atomic E-state index is 0.0578. The summed E-state index contributed by atoms with van der Waals surface area (Å²) in [5.74, 6) is -8.77. The van der Waals surface area contributed by atoms with Crippen molar-refractivity contribution in [2.24, 2.45) is 17.6 Å². The Bertz CT molecular complexity index is 1330. The molecule has 10 nitrogen and oxygen atoms in total.